The second kappa shape index (κ2) is 7.53. The lowest BCUT2D eigenvalue weighted by Crippen LogP contribution is -2.41. The topological polar surface area (TPSA) is 41.1 Å². The van der Waals surface area contributed by atoms with Crippen LogP contribution in [0.15, 0.2) is 18.2 Å². The van der Waals surface area contributed by atoms with Gasteiger partial charge in [-0.25, -0.2) is 0 Å². The molecule has 1 amide bonds. The van der Waals surface area contributed by atoms with Crippen molar-refractivity contribution < 1.29 is 18.0 Å². The number of carbonyl (C=O) groups excluding carboxylic acids is 1. The van der Waals surface area contributed by atoms with E-state index in [1.165, 1.54) is 6.42 Å². The summed E-state index contributed by atoms with van der Waals surface area (Å²) in [6.07, 6.45) is -0.00812. The number of halogens is 4. The lowest BCUT2D eigenvalue weighted by molar-refractivity contribution is -0.137. The number of nitrogens with one attached hydrogen (secondary N) is 2. The maximum absolute atomic E-state index is 12.7. The van der Waals surface area contributed by atoms with Crippen LogP contribution in [0.3, 0.4) is 0 Å². The van der Waals surface area contributed by atoms with E-state index in [9.17, 15) is 18.0 Å². The third-order valence-electron chi connectivity index (χ3n) is 4.20. The van der Waals surface area contributed by atoms with Crippen molar-refractivity contribution in [1.29, 1.82) is 0 Å². The van der Waals surface area contributed by atoms with Gasteiger partial charge in [0.1, 0.15) is 0 Å². The lowest BCUT2D eigenvalue weighted by Gasteiger charge is -2.29. The number of carbonyl (C=O) groups is 1. The van der Waals surface area contributed by atoms with Gasteiger partial charge in [0.2, 0.25) is 5.91 Å². The van der Waals surface area contributed by atoms with Crippen LogP contribution in [0, 0.1) is 5.92 Å². The van der Waals surface area contributed by atoms with Crippen molar-refractivity contribution in [2.24, 2.45) is 5.92 Å². The summed E-state index contributed by atoms with van der Waals surface area (Å²) in [4.78, 5) is 12.0. The van der Waals surface area contributed by atoms with Gasteiger partial charge < -0.3 is 10.6 Å². The zero-order valence-electron chi connectivity index (χ0n) is 12.8. The molecule has 23 heavy (non-hydrogen) atoms. The highest BCUT2D eigenvalue weighted by molar-refractivity contribution is 6.33. The van der Waals surface area contributed by atoms with Gasteiger partial charge in [0.25, 0.3) is 0 Å². The Bertz CT molecular complexity index is 563. The van der Waals surface area contributed by atoms with Crippen LogP contribution in [-0.4, -0.2) is 18.5 Å². The van der Waals surface area contributed by atoms with Gasteiger partial charge in [-0.15, -0.1) is 0 Å². The molecule has 2 atom stereocenters. The van der Waals surface area contributed by atoms with Crippen LogP contribution < -0.4 is 10.6 Å². The fourth-order valence-electron chi connectivity index (χ4n) is 2.84. The lowest BCUT2D eigenvalue weighted by atomic mass is 9.86. The zero-order valence-corrected chi connectivity index (χ0v) is 13.6. The molecule has 0 aliphatic heterocycles. The summed E-state index contributed by atoms with van der Waals surface area (Å²) in [6.45, 7) is 2.19. The first-order valence-corrected chi connectivity index (χ1v) is 8.05. The van der Waals surface area contributed by atoms with Crippen LogP contribution in [0.25, 0.3) is 0 Å². The van der Waals surface area contributed by atoms with E-state index in [1.54, 1.807) is 0 Å². The van der Waals surface area contributed by atoms with E-state index in [-0.39, 0.29) is 23.3 Å². The Labute approximate surface area is 138 Å². The molecule has 1 fully saturated rings. The molecule has 1 aromatic carbocycles. The number of rotatable bonds is 4. The Morgan fingerprint density at radius 3 is 2.65 bits per heavy atom. The van der Waals surface area contributed by atoms with Crippen molar-refractivity contribution >= 4 is 23.2 Å². The molecule has 7 heteroatoms. The minimum absolute atomic E-state index is 0.0232. The van der Waals surface area contributed by atoms with Crippen molar-refractivity contribution in [3.05, 3.63) is 28.8 Å². The molecule has 128 valence electrons. The van der Waals surface area contributed by atoms with Crippen molar-refractivity contribution in [1.82, 2.24) is 5.32 Å². The summed E-state index contributed by atoms with van der Waals surface area (Å²) < 4.78 is 38.1. The van der Waals surface area contributed by atoms with E-state index in [2.05, 4.69) is 17.6 Å². The largest absolute Gasteiger partial charge is 0.416 e. The summed E-state index contributed by atoms with van der Waals surface area (Å²) >= 11 is 5.86. The van der Waals surface area contributed by atoms with E-state index >= 15 is 0 Å². The molecule has 1 aliphatic rings. The van der Waals surface area contributed by atoms with Gasteiger partial charge in [-0.2, -0.15) is 13.2 Å². The molecule has 1 aromatic rings. The number of alkyl halides is 3. The molecule has 0 bridgehead atoms. The fraction of sp³-hybridized carbons (Fsp3) is 0.562. The molecule has 0 heterocycles. The van der Waals surface area contributed by atoms with Crippen molar-refractivity contribution in [3.8, 4) is 0 Å². The molecule has 1 aliphatic carbocycles. The van der Waals surface area contributed by atoms with Crippen molar-refractivity contribution in [2.75, 3.05) is 11.9 Å². The second-order valence-electron chi connectivity index (χ2n) is 5.99. The predicted octanol–water partition coefficient (Wildman–Crippen LogP) is 4.47. The smallest absolute Gasteiger partial charge is 0.324 e. The number of benzene rings is 1. The Hall–Kier alpha value is -1.27. The highest BCUT2D eigenvalue weighted by Crippen LogP contribution is 2.33. The third kappa shape index (κ3) is 5.11. The maximum atomic E-state index is 12.7. The van der Waals surface area contributed by atoms with Gasteiger partial charge in [0.05, 0.1) is 22.8 Å². The molecule has 2 unspecified atom stereocenters. The Balaban J connectivity index is 1.94. The van der Waals surface area contributed by atoms with E-state index in [0.29, 0.717) is 5.92 Å². The van der Waals surface area contributed by atoms with Gasteiger partial charge in [0, 0.05) is 6.04 Å². The van der Waals surface area contributed by atoms with Crippen LogP contribution in [0.1, 0.15) is 38.2 Å². The van der Waals surface area contributed by atoms with Crippen LogP contribution in [0.4, 0.5) is 18.9 Å². The average Bonchev–Trinajstić information content (AvgIpc) is 2.47. The molecule has 2 N–H and O–H groups in total. The first-order chi connectivity index (χ1) is 10.8. The normalized spacial score (nSPS) is 22.0. The Kier molecular flexibility index (Phi) is 5.92. The molecular weight excluding hydrogens is 329 g/mol. The SMILES string of the molecule is CC1CCCCC1NCC(=O)Nc1cc(C(F)(F)F)ccc1Cl. The summed E-state index contributed by atoms with van der Waals surface area (Å²) in [5.74, 6) is 0.0951. The molecule has 0 spiro atoms. The maximum Gasteiger partial charge on any atom is 0.416 e. The number of hydrogen-bond donors (Lipinski definition) is 2. The van der Waals surface area contributed by atoms with Crippen LogP contribution in [0.5, 0.6) is 0 Å². The molecule has 0 saturated heterocycles. The summed E-state index contributed by atoms with van der Waals surface area (Å²) in [6, 6.07) is 3.14. The zero-order chi connectivity index (χ0) is 17.0. The van der Waals surface area contributed by atoms with E-state index in [0.717, 1.165) is 37.5 Å². The monoisotopic (exact) mass is 348 g/mol. The molecule has 0 aromatic heterocycles. The number of hydrogen-bond acceptors (Lipinski definition) is 2. The van der Waals surface area contributed by atoms with Gasteiger partial charge in [-0.05, 0) is 37.0 Å². The number of anilines is 1. The molecular formula is C16H20ClF3N2O. The highest BCUT2D eigenvalue weighted by atomic mass is 35.5. The summed E-state index contributed by atoms with van der Waals surface area (Å²) in [5, 5.41) is 5.70. The second-order valence-corrected chi connectivity index (χ2v) is 6.40. The summed E-state index contributed by atoms with van der Waals surface area (Å²) in [5.41, 5.74) is -0.865. The Morgan fingerprint density at radius 2 is 2.00 bits per heavy atom. The quantitative estimate of drug-likeness (QED) is 0.843. The van der Waals surface area contributed by atoms with E-state index in [1.807, 2.05) is 0 Å². The van der Waals surface area contributed by atoms with Gasteiger partial charge in [-0.3, -0.25) is 4.79 Å². The standard InChI is InChI=1S/C16H20ClF3N2O/c1-10-4-2-3-5-13(10)21-9-15(23)22-14-8-11(16(18,19)20)6-7-12(14)17/h6-8,10,13,21H,2-5,9H2,1H3,(H,22,23). The fourth-order valence-corrected chi connectivity index (χ4v) is 3.00. The molecule has 3 nitrogen and oxygen atoms in total. The van der Waals surface area contributed by atoms with Gasteiger partial charge in [-0.1, -0.05) is 31.4 Å². The van der Waals surface area contributed by atoms with Crippen LogP contribution >= 0.6 is 11.6 Å². The highest BCUT2D eigenvalue weighted by Gasteiger charge is 2.31. The predicted molar refractivity (Wildman–Crippen MR) is 84.5 cm³/mol. The Morgan fingerprint density at radius 1 is 1.30 bits per heavy atom. The van der Waals surface area contributed by atoms with E-state index in [4.69, 9.17) is 11.6 Å². The third-order valence-corrected chi connectivity index (χ3v) is 4.53. The van der Waals surface area contributed by atoms with Gasteiger partial charge >= 0.3 is 6.18 Å². The first-order valence-electron chi connectivity index (χ1n) is 7.67. The average molecular weight is 349 g/mol. The molecule has 0 radical (unpaired) electrons. The molecule has 1 saturated carbocycles. The first kappa shape index (κ1) is 18.1. The summed E-state index contributed by atoms with van der Waals surface area (Å²) in [7, 11) is 0. The minimum Gasteiger partial charge on any atom is -0.324 e. The van der Waals surface area contributed by atoms with Gasteiger partial charge in [0.15, 0.2) is 0 Å². The van der Waals surface area contributed by atoms with Crippen LogP contribution in [0.2, 0.25) is 5.02 Å². The van der Waals surface area contributed by atoms with Crippen LogP contribution in [-0.2, 0) is 11.0 Å². The number of amides is 1. The molecule has 2 rings (SSSR count). The van der Waals surface area contributed by atoms with Crippen molar-refractivity contribution in [3.63, 3.8) is 0 Å². The van der Waals surface area contributed by atoms with E-state index < -0.39 is 17.6 Å². The minimum atomic E-state index is -4.47. The van der Waals surface area contributed by atoms with Crippen molar-refractivity contribution in [2.45, 2.75) is 44.8 Å².